The first-order valence-electron chi connectivity index (χ1n) is 6.92. The van der Waals surface area contributed by atoms with Gasteiger partial charge in [0.25, 0.3) is 0 Å². The van der Waals surface area contributed by atoms with Crippen LogP contribution in [0, 0.1) is 0 Å². The standard InChI is InChI=1S/C15H22N2O2/c1-4-8-12-15(18)17(5-2)14(16-12)11-9-6-7-10-13(11)19-3/h6-7,9-10,12,14,16H,4-5,8H2,1-3H3. The molecule has 2 rings (SSSR count). The fraction of sp³-hybridized carbons (Fsp3) is 0.533. The predicted octanol–water partition coefficient (Wildman–Crippen LogP) is 2.31. The summed E-state index contributed by atoms with van der Waals surface area (Å²) in [6, 6.07) is 7.80. The zero-order valence-corrected chi connectivity index (χ0v) is 11.8. The summed E-state index contributed by atoms with van der Waals surface area (Å²) in [4.78, 5) is 14.2. The molecule has 1 saturated heterocycles. The molecule has 1 N–H and O–H groups in total. The molecule has 2 atom stereocenters. The Kier molecular flexibility index (Phi) is 4.43. The van der Waals surface area contributed by atoms with Gasteiger partial charge in [0.05, 0.1) is 13.2 Å². The Morgan fingerprint density at radius 2 is 2.05 bits per heavy atom. The molecule has 1 aromatic carbocycles. The summed E-state index contributed by atoms with van der Waals surface area (Å²) in [5.41, 5.74) is 1.03. The number of hydrogen-bond acceptors (Lipinski definition) is 3. The van der Waals surface area contributed by atoms with Crippen molar-refractivity contribution in [2.45, 2.75) is 38.9 Å². The van der Waals surface area contributed by atoms with Crippen LogP contribution in [-0.4, -0.2) is 30.5 Å². The van der Waals surface area contributed by atoms with Crippen molar-refractivity contribution in [3.63, 3.8) is 0 Å². The van der Waals surface area contributed by atoms with E-state index in [1.54, 1.807) is 7.11 Å². The number of para-hydroxylation sites is 1. The Bertz CT molecular complexity index is 448. The largest absolute Gasteiger partial charge is 0.496 e. The third-order valence-corrected chi connectivity index (χ3v) is 3.60. The Labute approximate surface area is 114 Å². The Hall–Kier alpha value is -1.55. The number of rotatable bonds is 5. The molecule has 1 fully saturated rings. The summed E-state index contributed by atoms with van der Waals surface area (Å²) < 4.78 is 5.40. The molecular weight excluding hydrogens is 240 g/mol. The highest BCUT2D eigenvalue weighted by Crippen LogP contribution is 2.32. The molecule has 0 aliphatic carbocycles. The van der Waals surface area contributed by atoms with Crippen LogP contribution in [0.25, 0.3) is 0 Å². The highest BCUT2D eigenvalue weighted by Gasteiger charge is 2.38. The molecule has 2 unspecified atom stereocenters. The first kappa shape index (κ1) is 13.9. The normalized spacial score (nSPS) is 22.9. The Morgan fingerprint density at radius 3 is 2.68 bits per heavy atom. The predicted molar refractivity (Wildman–Crippen MR) is 75.0 cm³/mol. The number of likely N-dealkylation sites (N-methyl/N-ethyl adjacent to an activating group) is 1. The lowest BCUT2D eigenvalue weighted by Gasteiger charge is -2.24. The summed E-state index contributed by atoms with van der Waals surface area (Å²) in [6.07, 6.45) is 1.80. The number of ether oxygens (including phenoxy) is 1. The van der Waals surface area contributed by atoms with Crippen LogP contribution in [0.4, 0.5) is 0 Å². The molecule has 0 radical (unpaired) electrons. The SMILES string of the molecule is CCCC1NC(c2ccccc2OC)N(CC)C1=O. The number of nitrogens with one attached hydrogen (secondary N) is 1. The molecule has 1 heterocycles. The van der Waals surface area contributed by atoms with Crippen LogP contribution in [0.5, 0.6) is 5.75 Å². The fourth-order valence-corrected chi connectivity index (χ4v) is 2.66. The van der Waals surface area contributed by atoms with Crippen LogP contribution in [-0.2, 0) is 4.79 Å². The summed E-state index contributed by atoms with van der Waals surface area (Å²) in [7, 11) is 1.66. The molecule has 0 aromatic heterocycles. The molecular formula is C15H22N2O2. The molecule has 0 spiro atoms. The minimum absolute atomic E-state index is 0.0696. The van der Waals surface area contributed by atoms with Crippen LogP contribution >= 0.6 is 0 Å². The number of hydrogen-bond donors (Lipinski definition) is 1. The minimum Gasteiger partial charge on any atom is -0.496 e. The maximum absolute atomic E-state index is 12.3. The monoisotopic (exact) mass is 262 g/mol. The van der Waals surface area contributed by atoms with Gasteiger partial charge in [0.2, 0.25) is 5.91 Å². The van der Waals surface area contributed by atoms with Gasteiger partial charge in [-0.1, -0.05) is 31.5 Å². The van der Waals surface area contributed by atoms with Gasteiger partial charge in [-0.05, 0) is 19.4 Å². The second kappa shape index (κ2) is 6.06. The zero-order chi connectivity index (χ0) is 13.8. The maximum atomic E-state index is 12.3. The van der Waals surface area contributed by atoms with Gasteiger partial charge in [0, 0.05) is 12.1 Å². The molecule has 4 nitrogen and oxygen atoms in total. The summed E-state index contributed by atoms with van der Waals surface area (Å²) in [6.45, 7) is 4.81. The minimum atomic E-state index is -0.0785. The lowest BCUT2D eigenvalue weighted by atomic mass is 10.1. The average molecular weight is 262 g/mol. The van der Waals surface area contributed by atoms with Gasteiger partial charge >= 0.3 is 0 Å². The lowest BCUT2D eigenvalue weighted by molar-refractivity contribution is -0.130. The average Bonchev–Trinajstić information content (AvgIpc) is 2.75. The van der Waals surface area contributed by atoms with Gasteiger partial charge < -0.3 is 9.64 Å². The number of amides is 1. The third-order valence-electron chi connectivity index (χ3n) is 3.60. The van der Waals surface area contributed by atoms with Crippen molar-refractivity contribution >= 4 is 5.91 Å². The quantitative estimate of drug-likeness (QED) is 0.885. The van der Waals surface area contributed by atoms with Gasteiger partial charge in [0.1, 0.15) is 11.9 Å². The Morgan fingerprint density at radius 1 is 1.32 bits per heavy atom. The van der Waals surface area contributed by atoms with E-state index in [2.05, 4.69) is 12.2 Å². The topological polar surface area (TPSA) is 41.6 Å². The molecule has 4 heteroatoms. The second-order valence-electron chi connectivity index (χ2n) is 4.78. The van der Waals surface area contributed by atoms with Crippen LogP contribution in [0.1, 0.15) is 38.4 Å². The Balaban J connectivity index is 2.30. The molecule has 19 heavy (non-hydrogen) atoms. The van der Waals surface area contributed by atoms with E-state index in [4.69, 9.17) is 4.74 Å². The van der Waals surface area contributed by atoms with Crippen LogP contribution in [0.15, 0.2) is 24.3 Å². The van der Waals surface area contributed by atoms with Crippen LogP contribution in [0.3, 0.4) is 0 Å². The molecule has 1 aliphatic heterocycles. The highest BCUT2D eigenvalue weighted by molar-refractivity contribution is 5.84. The van der Waals surface area contributed by atoms with Gasteiger partial charge in [-0.15, -0.1) is 0 Å². The molecule has 0 saturated carbocycles. The lowest BCUT2D eigenvalue weighted by Crippen LogP contribution is -2.30. The van der Waals surface area contributed by atoms with Crippen molar-refractivity contribution < 1.29 is 9.53 Å². The van der Waals surface area contributed by atoms with Crippen molar-refractivity contribution in [3.05, 3.63) is 29.8 Å². The van der Waals surface area contributed by atoms with E-state index >= 15 is 0 Å². The molecule has 1 aliphatic rings. The summed E-state index contributed by atoms with van der Waals surface area (Å²) in [5.74, 6) is 1.02. The second-order valence-corrected chi connectivity index (χ2v) is 4.78. The maximum Gasteiger partial charge on any atom is 0.241 e. The highest BCUT2D eigenvalue weighted by atomic mass is 16.5. The van der Waals surface area contributed by atoms with Gasteiger partial charge in [-0.2, -0.15) is 0 Å². The van der Waals surface area contributed by atoms with Crippen molar-refractivity contribution in [2.24, 2.45) is 0 Å². The number of methoxy groups -OCH3 is 1. The van der Waals surface area contributed by atoms with Gasteiger partial charge in [0.15, 0.2) is 0 Å². The first-order valence-corrected chi connectivity index (χ1v) is 6.92. The number of benzene rings is 1. The van der Waals surface area contributed by atoms with E-state index in [0.717, 1.165) is 24.2 Å². The van der Waals surface area contributed by atoms with Gasteiger partial charge in [-0.3, -0.25) is 10.1 Å². The van der Waals surface area contributed by atoms with Crippen molar-refractivity contribution in [1.82, 2.24) is 10.2 Å². The van der Waals surface area contributed by atoms with Crippen molar-refractivity contribution in [2.75, 3.05) is 13.7 Å². The van der Waals surface area contributed by atoms with Crippen LogP contribution in [0.2, 0.25) is 0 Å². The van der Waals surface area contributed by atoms with Crippen molar-refractivity contribution in [1.29, 1.82) is 0 Å². The van der Waals surface area contributed by atoms with E-state index in [1.807, 2.05) is 36.1 Å². The number of carbonyl (C=O) groups excluding carboxylic acids is 1. The zero-order valence-electron chi connectivity index (χ0n) is 11.8. The summed E-state index contributed by atoms with van der Waals surface area (Å²) in [5, 5.41) is 3.43. The molecule has 104 valence electrons. The number of nitrogens with zero attached hydrogens (tertiary/aromatic N) is 1. The summed E-state index contributed by atoms with van der Waals surface area (Å²) >= 11 is 0. The molecule has 0 bridgehead atoms. The van der Waals surface area contributed by atoms with E-state index < -0.39 is 0 Å². The van der Waals surface area contributed by atoms with E-state index in [-0.39, 0.29) is 18.1 Å². The van der Waals surface area contributed by atoms with Gasteiger partial charge in [-0.25, -0.2) is 0 Å². The fourth-order valence-electron chi connectivity index (χ4n) is 2.66. The van der Waals surface area contributed by atoms with Crippen molar-refractivity contribution in [3.8, 4) is 5.75 Å². The van der Waals surface area contributed by atoms with E-state index in [0.29, 0.717) is 6.54 Å². The van der Waals surface area contributed by atoms with E-state index in [1.165, 1.54) is 0 Å². The smallest absolute Gasteiger partial charge is 0.241 e. The number of carbonyl (C=O) groups is 1. The van der Waals surface area contributed by atoms with E-state index in [9.17, 15) is 4.79 Å². The molecule has 1 aromatic rings. The first-order chi connectivity index (χ1) is 9.22. The van der Waals surface area contributed by atoms with Crippen LogP contribution < -0.4 is 10.1 Å². The molecule has 1 amide bonds. The third kappa shape index (κ3) is 2.59.